The molecule has 1 aliphatic heterocycles. The van der Waals surface area contributed by atoms with E-state index in [2.05, 4.69) is 4.98 Å². The molecule has 0 bridgehead atoms. The van der Waals surface area contributed by atoms with Gasteiger partial charge < -0.3 is 14.2 Å². The molecule has 32 heavy (non-hydrogen) atoms. The Morgan fingerprint density at radius 2 is 1.94 bits per heavy atom. The van der Waals surface area contributed by atoms with Crippen molar-refractivity contribution in [1.29, 1.82) is 0 Å². The second-order valence-corrected chi connectivity index (χ2v) is 8.01. The van der Waals surface area contributed by atoms with E-state index in [1.54, 1.807) is 41.3 Å². The number of para-hydroxylation sites is 1. The fourth-order valence-corrected chi connectivity index (χ4v) is 4.02. The zero-order chi connectivity index (χ0) is 23.0. The molecule has 1 saturated heterocycles. The third-order valence-corrected chi connectivity index (χ3v) is 5.46. The molecule has 0 radical (unpaired) electrons. The number of imidazole rings is 1. The lowest BCUT2D eigenvalue weighted by Gasteiger charge is -2.31. The number of fused-ring (bicyclic) bond motifs is 1. The molecule has 1 aliphatic rings. The van der Waals surface area contributed by atoms with Gasteiger partial charge in [-0.05, 0) is 30.7 Å². The van der Waals surface area contributed by atoms with Crippen LogP contribution in [-0.2, 0) is 17.2 Å². The van der Waals surface area contributed by atoms with E-state index < -0.39 is 24.7 Å². The van der Waals surface area contributed by atoms with Gasteiger partial charge in [0.2, 0.25) is 0 Å². The minimum absolute atomic E-state index is 0.0289. The average Bonchev–Trinajstić information content (AvgIpc) is 3.12. The van der Waals surface area contributed by atoms with Crippen LogP contribution in [0, 0.1) is 0 Å². The number of amides is 1. The first-order valence-corrected chi connectivity index (χ1v) is 10.3. The van der Waals surface area contributed by atoms with Crippen molar-refractivity contribution in [1.82, 2.24) is 14.5 Å². The highest BCUT2D eigenvalue weighted by molar-refractivity contribution is 5.96. The largest absolute Gasteiger partial charge is 0.375 e. The van der Waals surface area contributed by atoms with Crippen LogP contribution >= 0.6 is 0 Å². The molecule has 1 atom stereocenters. The van der Waals surface area contributed by atoms with Crippen LogP contribution < -0.4 is 0 Å². The van der Waals surface area contributed by atoms with Gasteiger partial charge in [-0.2, -0.15) is 8.78 Å². The SMILES string of the molecule is C[C@H]1CN(C(=O)c2ccc(-c3cccc4c3nc(C(C)(F)F)n4CC(F)F)cc2)CCO1. The molecule has 2 aromatic carbocycles. The van der Waals surface area contributed by atoms with Crippen molar-refractivity contribution in [3.8, 4) is 11.1 Å². The minimum Gasteiger partial charge on any atom is -0.375 e. The maximum absolute atomic E-state index is 14.1. The molecule has 1 fully saturated rings. The summed E-state index contributed by atoms with van der Waals surface area (Å²) in [6, 6.07) is 11.6. The topological polar surface area (TPSA) is 47.4 Å². The molecular formula is C23H23F4N3O2. The molecule has 170 valence electrons. The van der Waals surface area contributed by atoms with E-state index >= 15 is 0 Å². The van der Waals surface area contributed by atoms with E-state index in [-0.39, 0.29) is 23.0 Å². The second kappa shape index (κ2) is 8.54. The fraction of sp³-hybridized carbons (Fsp3) is 0.391. The van der Waals surface area contributed by atoms with Crippen LogP contribution in [0.25, 0.3) is 22.2 Å². The van der Waals surface area contributed by atoms with Gasteiger partial charge in [0.1, 0.15) is 0 Å². The van der Waals surface area contributed by atoms with Crippen molar-refractivity contribution in [2.24, 2.45) is 0 Å². The number of halogens is 4. The summed E-state index contributed by atoms with van der Waals surface area (Å²) < 4.78 is 60.7. The van der Waals surface area contributed by atoms with Gasteiger partial charge in [0.05, 0.1) is 30.3 Å². The molecule has 0 unspecified atom stereocenters. The van der Waals surface area contributed by atoms with Gasteiger partial charge in [-0.15, -0.1) is 0 Å². The average molecular weight is 449 g/mol. The van der Waals surface area contributed by atoms with Crippen molar-refractivity contribution in [2.75, 3.05) is 19.7 Å². The Kier molecular flexibility index (Phi) is 5.94. The van der Waals surface area contributed by atoms with E-state index in [0.717, 1.165) is 4.57 Å². The number of hydrogen-bond donors (Lipinski definition) is 0. The standard InChI is InChI=1S/C23H23F4N3O2/c1-14-12-29(10-11-32-14)21(31)16-8-6-15(7-9-16)17-4-3-5-18-20(17)28-22(23(2,26)27)30(18)13-19(24)25/h3-9,14,19H,10-13H2,1-2H3/t14-/m0/s1. The summed E-state index contributed by atoms with van der Waals surface area (Å²) in [5.74, 6) is -4.19. The first-order valence-electron chi connectivity index (χ1n) is 10.3. The van der Waals surface area contributed by atoms with Crippen LogP contribution in [-0.4, -0.2) is 52.6 Å². The lowest BCUT2D eigenvalue weighted by molar-refractivity contribution is -0.0124. The number of carbonyl (C=O) groups excluding carboxylic acids is 1. The van der Waals surface area contributed by atoms with Crippen LogP contribution in [0.4, 0.5) is 17.6 Å². The Morgan fingerprint density at radius 1 is 1.22 bits per heavy atom. The number of nitrogens with zero attached hydrogens (tertiary/aromatic N) is 3. The van der Waals surface area contributed by atoms with Gasteiger partial charge >= 0.3 is 5.92 Å². The predicted octanol–water partition coefficient (Wildman–Crippen LogP) is 4.94. The molecule has 1 amide bonds. The maximum atomic E-state index is 14.1. The van der Waals surface area contributed by atoms with Crippen LogP contribution in [0.5, 0.6) is 0 Å². The van der Waals surface area contributed by atoms with Gasteiger partial charge in [0, 0.05) is 31.1 Å². The molecule has 4 rings (SSSR count). The van der Waals surface area contributed by atoms with E-state index in [0.29, 0.717) is 43.3 Å². The van der Waals surface area contributed by atoms with Gasteiger partial charge in [-0.25, -0.2) is 13.8 Å². The van der Waals surface area contributed by atoms with E-state index in [1.165, 1.54) is 6.07 Å². The van der Waals surface area contributed by atoms with Crippen molar-refractivity contribution in [2.45, 2.75) is 38.8 Å². The number of morpholine rings is 1. The number of carbonyl (C=O) groups is 1. The van der Waals surface area contributed by atoms with Crippen LogP contribution in [0.2, 0.25) is 0 Å². The highest BCUT2D eigenvalue weighted by Gasteiger charge is 2.33. The summed E-state index contributed by atoms with van der Waals surface area (Å²) in [5.41, 5.74) is 2.10. The summed E-state index contributed by atoms with van der Waals surface area (Å²) >= 11 is 0. The first kappa shape index (κ1) is 22.3. The molecule has 0 spiro atoms. The number of benzene rings is 2. The lowest BCUT2D eigenvalue weighted by atomic mass is 10.0. The molecule has 0 aliphatic carbocycles. The Labute approximate surface area is 182 Å². The molecule has 0 N–H and O–H groups in total. The molecule has 1 aromatic heterocycles. The Bertz CT molecular complexity index is 1120. The van der Waals surface area contributed by atoms with Crippen LogP contribution in [0.3, 0.4) is 0 Å². The lowest BCUT2D eigenvalue weighted by Crippen LogP contribution is -2.44. The Morgan fingerprint density at radius 3 is 2.56 bits per heavy atom. The summed E-state index contributed by atoms with van der Waals surface area (Å²) in [6.45, 7) is 3.19. The number of alkyl halides is 4. The Balaban J connectivity index is 1.71. The molecule has 9 heteroatoms. The number of rotatable bonds is 5. The fourth-order valence-electron chi connectivity index (χ4n) is 4.02. The zero-order valence-electron chi connectivity index (χ0n) is 17.7. The van der Waals surface area contributed by atoms with Crippen molar-refractivity contribution >= 4 is 16.9 Å². The highest BCUT2D eigenvalue weighted by Crippen LogP contribution is 2.34. The smallest absolute Gasteiger partial charge is 0.302 e. The predicted molar refractivity (Wildman–Crippen MR) is 112 cm³/mol. The highest BCUT2D eigenvalue weighted by atomic mass is 19.3. The van der Waals surface area contributed by atoms with Crippen LogP contribution in [0.15, 0.2) is 42.5 Å². The molecule has 2 heterocycles. The number of hydrogen-bond acceptors (Lipinski definition) is 3. The monoisotopic (exact) mass is 449 g/mol. The quantitative estimate of drug-likeness (QED) is 0.519. The summed E-state index contributed by atoms with van der Waals surface area (Å²) in [5, 5.41) is 0. The van der Waals surface area contributed by atoms with E-state index in [1.807, 2.05) is 6.92 Å². The van der Waals surface area contributed by atoms with Crippen molar-refractivity contribution < 1.29 is 27.1 Å². The summed E-state index contributed by atoms with van der Waals surface area (Å²) in [7, 11) is 0. The van der Waals surface area contributed by atoms with Gasteiger partial charge in [-0.3, -0.25) is 4.79 Å². The Hall–Kier alpha value is -2.94. The molecule has 3 aromatic rings. The second-order valence-electron chi connectivity index (χ2n) is 8.01. The third kappa shape index (κ3) is 4.34. The summed E-state index contributed by atoms with van der Waals surface area (Å²) in [6.07, 6.45) is -2.83. The van der Waals surface area contributed by atoms with E-state index in [9.17, 15) is 22.4 Å². The van der Waals surface area contributed by atoms with Gasteiger partial charge in [0.25, 0.3) is 12.3 Å². The number of ether oxygens (including phenoxy) is 1. The van der Waals surface area contributed by atoms with Crippen molar-refractivity contribution in [3.05, 3.63) is 53.9 Å². The molecule has 5 nitrogen and oxygen atoms in total. The van der Waals surface area contributed by atoms with Gasteiger partial charge in [-0.1, -0.05) is 24.3 Å². The number of aromatic nitrogens is 2. The normalized spacial score (nSPS) is 17.3. The molecular weight excluding hydrogens is 426 g/mol. The van der Waals surface area contributed by atoms with Crippen LogP contribution in [0.1, 0.15) is 30.0 Å². The summed E-state index contributed by atoms with van der Waals surface area (Å²) in [4.78, 5) is 18.5. The maximum Gasteiger partial charge on any atom is 0.302 e. The third-order valence-electron chi connectivity index (χ3n) is 5.46. The first-order chi connectivity index (χ1) is 15.1. The van der Waals surface area contributed by atoms with E-state index in [4.69, 9.17) is 4.74 Å². The van der Waals surface area contributed by atoms with Crippen molar-refractivity contribution in [3.63, 3.8) is 0 Å². The van der Waals surface area contributed by atoms with Gasteiger partial charge in [0.15, 0.2) is 5.82 Å². The molecule has 0 saturated carbocycles. The minimum atomic E-state index is -3.38. The zero-order valence-corrected chi connectivity index (χ0v) is 17.7.